The van der Waals surface area contributed by atoms with Crippen molar-refractivity contribution in [2.45, 2.75) is 6.92 Å². The predicted octanol–water partition coefficient (Wildman–Crippen LogP) is 3.34. The summed E-state index contributed by atoms with van der Waals surface area (Å²) in [6.07, 6.45) is 0. The van der Waals surface area contributed by atoms with Gasteiger partial charge in [0.25, 0.3) is 5.91 Å². The van der Waals surface area contributed by atoms with Crippen LogP contribution >= 0.6 is 0 Å². The van der Waals surface area contributed by atoms with Gasteiger partial charge in [0.1, 0.15) is 5.82 Å². The van der Waals surface area contributed by atoms with E-state index in [1.807, 2.05) is 12.1 Å². The molecule has 5 nitrogen and oxygen atoms in total. The lowest BCUT2D eigenvalue weighted by atomic mass is 10.2. The Balaban J connectivity index is 1.99. The van der Waals surface area contributed by atoms with Crippen molar-refractivity contribution in [1.29, 1.82) is 0 Å². The van der Waals surface area contributed by atoms with Gasteiger partial charge in [-0.25, -0.2) is 14.4 Å². The number of anilines is 1. The highest BCUT2D eigenvalue weighted by Crippen LogP contribution is 2.21. The molecular formula is C17H14FN3O2. The van der Waals surface area contributed by atoms with Crippen LogP contribution in [0.3, 0.4) is 0 Å². The summed E-state index contributed by atoms with van der Waals surface area (Å²) in [6.45, 7) is 1.71. The Morgan fingerprint density at radius 3 is 2.48 bits per heavy atom. The molecule has 0 aliphatic rings. The summed E-state index contributed by atoms with van der Waals surface area (Å²) in [5.74, 6) is -0.681. The van der Waals surface area contributed by atoms with Crippen LogP contribution < -0.4 is 10.1 Å². The molecule has 0 saturated carbocycles. The Bertz CT molecular complexity index is 896. The molecule has 0 aliphatic carbocycles. The van der Waals surface area contributed by atoms with Crippen LogP contribution in [0.4, 0.5) is 10.1 Å². The summed E-state index contributed by atoms with van der Waals surface area (Å²) in [5.41, 5.74) is 2.43. The van der Waals surface area contributed by atoms with E-state index in [1.165, 1.54) is 25.3 Å². The minimum absolute atomic E-state index is 0.0786. The Morgan fingerprint density at radius 1 is 1.13 bits per heavy atom. The van der Waals surface area contributed by atoms with Gasteiger partial charge in [0, 0.05) is 5.69 Å². The summed E-state index contributed by atoms with van der Waals surface area (Å²) in [7, 11) is 1.43. The predicted molar refractivity (Wildman–Crippen MR) is 85.2 cm³/mol. The lowest BCUT2D eigenvalue weighted by Gasteiger charge is -2.10. The van der Waals surface area contributed by atoms with E-state index in [4.69, 9.17) is 4.74 Å². The fraction of sp³-hybridized carbons (Fsp3) is 0.118. The first-order chi connectivity index (χ1) is 11.1. The number of halogens is 1. The smallest absolute Gasteiger partial charge is 0.279 e. The average molecular weight is 311 g/mol. The normalized spacial score (nSPS) is 10.6. The average Bonchev–Trinajstić information content (AvgIpc) is 2.56. The summed E-state index contributed by atoms with van der Waals surface area (Å²) < 4.78 is 18.3. The molecular weight excluding hydrogens is 297 g/mol. The maximum Gasteiger partial charge on any atom is 0.279 e. The zero-order chi connectivity index (χ0) is 16.4. The maximum atomic E-state index is 13.1. The molecule has 116 valence electrons. The summed E-state index contributed by atoms with van der Waals surface area (Å²) in [4.78, 5) is 21.1. The zero-order valence-electron chi connectivity index (χ0n) is 12.6. The number of nitrogens with zero attached hydrogens (tertiary/aromatic N) is 2. The van der Waals surface area contributed by atoms with Crippen molar-refractivity contribution in [2.24, 2.45) is 0 Å². The summed E-state index contributed by atoms with van der Waals surface area (Å²) in [6, 6.07) is 11.3. The van der Waals surface area contributed by atoms with Gasteiger partial charge in [0.15, 0.2) is 5.69 Å². The Hall–Kier alpha value is -3.02. The number of aryl methyl sites for hydroxylation is 1. The first-order valence-electron chi connectivity index (χ1n) is 6.97. The van der Waals surface area contributed by atoms with E-state index in [2.05, 4.69) is 15.3 Å². The Morgan fingerprint density at radius 2 is 1.83 bits per heavy atom. The van der Waals surface area contributed by atoms with Gasteiger partial charge < -0.3 is 10.1 Å². The topological polar surface area (TPSA) is 64.1 Å². The number of para-hydroxylation sites is 2. The molecule has 0 unspecified atom stereocenters. The van der Waals surface area contributed by atoms with Crippen molar-refractivity contribution in [3.05, 3.63) is 59.5 Å². The van der Waals surface area contributed by atoms with E-state index in [0.717, 1.165) is 0 Å². The van der Waals surface area contributed by atoms with Gasteiger partial charge in [-0.15, -0.1) is 0 Å². The highest BCUT2D eigenvalue weighted by molar-refractivity contribution is 6.05. The third-order valence-electron chi connectivity index (χ3n) is 3.38. The SMILES string of the molecule is COc1nc2ccccc2nc1C(=O)Nc1ccc(F)cc1C. The number of amides is 1. The zero-order valence-corrected chi connectivity index (χ0v) is 12.6. The molecule has 3 aromatic rings. The van der Waals surface area contributed by atoms with Gasteiger partial charge >= 0.3 is 0 Å². The van der Waals surface area contributed by atoms with Crippen molar-refractivity contribution in [3.63, 3.8) is 0 Å². The largest absolute Gasteiger partial charge is 0.479 e. The maximum absolute atomic E-state index is 13.1. The first-order valence-corrected chi connectivity index (χ1v) is 6.97. The highest BCUT2D eigenvalue weighted by Gasteiger charge is 2.18. The van der Waals surface area contributed by atoms with E-state index in [9.17, 15) is 9.18 Å². The number of ether oxygens (including phenoxy) is 1. The molecule has 3 rings (SSSR count). The molecule has 6 heteroatoms. The second-order valence-electron chi connectivity index (χ2n) is 4.98. The van der Waals surface area contributed by atoms with E-state index < -0.39 is 5.91 Å². The quantitative estimate of drug-likeness (QED) is 0.806. The second-order valence-corrected chi connectivity index (χ2v) is 4.98. The molecule has 0 atom stereocenters. The number of carbonyl (C=O) groups is 1. The number of aromatic nitrogens is 2. The number of hydrogen-bond acceptors (Lipinski definition) is 4. The molecule has 0 bridgehead atoms. The molecule has 0 spiro atoms. The van der Waals surface area contributed by atoms with Crippen LogP contribution in [0.25, 0.3) is 11.0 Å². The number of hydrogen-bond donors (Lipinski definition) is 1. The van der Waals surface area contributed by atoms with Crippen LogP contribution in [0.1, 0.15) is 16.1 Å². The standard InChI is InChI=1S/C17H14FN3O2/c1-10-9-11(18)7-8-12(10)20-16(22)15-17(23-2)21-14-6-4-3-5-13(14)19-15/h3-9H,1-2H3,(H,20,22). The van der Waals surface area contributed by atoms with Crippen molar-refractivity contribution in [3.8, 4) is 5.88 Å². The molecule has 1 N–H and O–H groups in total. The van der Waals surface area contributed by atoms with E-state index in [-0.39, 0.29) is 17.4 Å². The van der Waals surface area contributed by atoms with E-state index in [0.29, 0.717) is 22.3 Å². The molecule has 1 aromatic heterocycles. The van der Waals surface area contributed by atoms with Gasteiger partial charge in [0.05, 0.1) is 18.1 Å². The van der Waals surface area contributed by atoms with Gasteiger partial charge in [-0.05, 0) is 42.8 Å². The second kappa shape index (κ2) is 6.00. The van der Waals surface area contributed by atoms with Gasteiger partial charge in [-0.1, -0.05) is 12.1 Å². The van der Waals surface area contributed by atoms with Crippen molar-refractivity contribution < 1.29 is 13.9 Å². The fourth-order valence-electron chi connectivity index (χ4n) is 2.22. The van der Waals surface area contributed by atoms with Gasteiger partial charge in [-0.2, -0.15) is 0 Å². The van der Waals surface area contributed by atoms with Crippen LogP contribution in [0, 0.1) is 12.7 Å². The van der Waals surface area contributed by atoms with Crippen LogP contribution in [0.2, 0.25) is 0 Å². The lowest BCUT2D eigenvalue weighted by molar-refractivity contribution is 0.101. The Labute approximate surface area is 132 Å². The molecule has 0 fully saturated rings. The molecule has 0 radical (unpaired) electrons. The van der Waals surface area contributed by atoms with Crippen LogP contribution in [0.15, 0.2) is 42.5 Å². The molecule has 2 aromatic carbocycles. The van der Waals surface area contributed by atoms with Crippen molar-refractivity contribution >= 4 is 22.6 Å². The summed E-state index contributed by atoms with van der Waals surface area (Å²) in [5, 5.41) is 2.71. The van der Waals surface area contributed by atoms with Crippen molar-refractivity contribution in [1.82, 2.24) is 9.97 Å². The minimum Gasteiger partial charge on any atom is -0.479 e. The fourth-order valence-corrected chi connectivity index (χ4v) is 2.22. The van der Waals surface area contributed by atoms with E-state index in [1.54, 1.807) is 19.1 Å². The third-order valence-corrected chi connectivity index (χ3v) is 3.38. The molecule has 0 aliphatic heterocycles. The number of rotatable bonds is 3. The molecule has 1 heterocycles. The van der Waals surface area contributed by atoms with Crippen LogP contribution in [-0.4, -0.2) is 23.0 Å². The molecule has 1 amide bonds. The number of carbonyl (C=O) groups excluding carboxylic acids is 1. The van der Waals surface area contributed by atoms with Crippen molar-refractivity contribution in [2.75, 3.05) is 12.4 Å². The first kappa shape index (κ1) is 14.9. The monoisotopic (exact) mass is 311 g/mol. The Kier molecular flexibility index (Phi) is 3.89. The van der Waals surface area contributed by atoms with Crippen LogP contribution in [-0.2, 0) is 0 Å². The minimum atomic E-state index is -0.463. The number of fused-ring (bicyclic) bond motifs is 1. The molecule has 0 saturated heterocycles. The number of nitrogens with one attached hydrogen (secondary N) is 1. The van der Waals surface area contributed by atoms with Crippen LogP contribution in [0.5, 0.6) is 5.88 Å². The summed E-state index contributed by atoms with van der Waals surface area (Å²) >= 11 is 0. The van der Waals surface area contributed by atoms with Gasteiger partial charge in [-0.3, -0.25) is 4.79 Å². The number of methoxy groups -OCH3 is 1. The lowest BCUT2D eigenvalue weighted by Crippen LogP contribution is -2.16. The highest BCUT2D eigenvalue weighted by atomic mass is 19.1. The van der Waals surface area contributed by atoms with E-state index >= 15 is 0 Å². The van der Waals surface area contributed by atoms with Gasteiger partial charge in [0.2, 0.25) is 5.88 Å². The number of benzene rings is 2. The third kappa shape index (κ3) is 2.96. The molecule has 23 heavy (non-hydrogen) atoms.